The Morgan fingerprint density at radius 3 is 2.90 bits per heavy atom. The van der Waals surface area contributed by atoms with Crippen molar-refractivity contribution in [3.05, 3.63) is 10.0 Å². The molecule has 1 N–H and O–H groups in total. The highest BCUT2D eigenvalue weighted by atomic mass is 32.1. The Kier molecular flexibility index (Phi) is 6.11. The minimum atomic E-state index is 0.109. The lowest BCUT2D eigenvalue weighted by atomic mass is 9.85. The Morgan fingerprint density at radius 1 is 1.43 bits per heavy atom. The van der Waals surface area contributed by atoms with E-state index in [1.807, 2.05) is 0 Å². The molecular formula is C15H25N3O2S. The predicted octanol–water partition coefficient (Wildman–Crippen LogP) is 2.87. The minimum Gasteiger partial charge on any atom is -0.381 e. The number of nitrogens with one attached hydrogen (secondary N) is 1. The summed E-state index contributed by atoms with van der Waals surface area (Å²) in [5.41, 5.74) is 0. The molecule has 5 nitrogen and oxygen atoms in total. The monoisotopic (exact) mass is 311 g/mol. The van der Waals surface area contributed by atoms with Crippen molar-refractivity contribution in [2.75, 3.05) is 7.11 Å². The fraction of sp³-hybridized carbons (Fsp3) is 0.800. The molecule has 0 spiro atoms. The van der Waals surface area contributed by atoms with Gasteiger partial charge < -0.3 is 10.1 Å². The van der Waals surface area contributed by atoms with Gasteiger partial charge in [0.15, 0.2) is 0 Å². The van der Waals surface area contributed by atoms with Gasteiger partial charge in [-0.1, -0.05) is 31.6 Å². The fourth-order valence-corrected chi connectivity index (χ4v) is 3.51. The Labute approximate surface area is 130 Å². The van der Waals surface area contributed by atoms with E-state index in [0.717, 1.165) is 35.7 Å². The zero-order valence-electron chi connectivity index (χ0n) is 13.1. The maximum atomic E-state index is 12.0. The molecule has 1 fully saturated rings. The van der Waals surface area contributed by atoms with Gasteiger partial charge in [-0.25, -0.2) is 0 Å². The number of amides is 1. The van der Waals surface area contributed by atoms with Crippen molar-refractivity contribution < 1.29 is 9.53 Å². The second-order valence-corrected chi connectivity index (χ2v) is 7.15. The number of carbonyl (C=O) groups excluding carboxylic acids is 1. The molecule has 1 amide bonds. The average molecular weight is 311 g/mol. The van der Waals surface area contributed by atoms with E-state index in [1.54, 1.807) is 18.4 Å². The van der Waals surface area contributed by atoms with Crippen molar-refractivity contribution in [1.29, 1.82) is 0 Å². The van der Waals surface area contributed by atoms with Crippen LogP contribution in [0.3, 0.4) is 0 Å². The zero-order valence-corrected chi connectivity index (χ0v) is 13.9. The largest absolute Gasteiger partial charge is 0.381 e. The van der Waals surface area contributed by atoms with Crippen LogP contribution in [0.4, 0.5) is 0 Å². The van der Waals surface area contributed by atoms with Crippen LogP contribution in [0.25, 0.3) is 0 Å². The number of nitrogens with zero attached hydrogens (tertiary/aromatic N) is 2. The maximum absolute atomic E-state index is 12.0. The second kappa shape index (κ2) is 7.84. The van der Waals surface area contributed by atoms with Gasteiger partial charge in [-0.15, -0.1) is 10.2 Å². The van der Waals surface area contributed by atoms with Crippen LogP contribution in [0.1, 0.15) is 61.9 Å². The normalized spacial score (nSPS) is 22.5. The molecule has 2 unspecified atom stereocenters. The number of carbonyl (C=O) groups is 1. The van der Waals surface area contributed by atoms with Gasteiger partial charge in [0, 0.05) is 19.4 Å². The molecule has 6 heteroatoms. The number of hydrogen-bond acceptors (Lipinski definition) is 5. The van der Waals surface area contributed by atoms with Crippen molar-refractivity contribution in [2.45, 2.75) is 64.5 Å². The first kappa shape index (κ1) is 16.4. The van der Waals surface area contributed by atoms with Gasteiger partial charge in [0.2, 0.25) is 5.91 Å². The van der Waals surface area contributed by atoms with Gasteiger partial charge in [0.05, 0.1) is 12.6 Å². The summed E-state index contributed by atoms with van der Waals surface area (Å²) in [6, 6.07) is 0. The molecule has 1 saturated carbocycles. The van der Waals surface area contributed by atoms with Gasteiger partial charge in [-0.2, -0.15) is 0 Å². The number of rotatable bonds is 6. The summed E-state index contributed by atoms with van der Waals surface area (Å²) in [6.07, 6.45) is 5.33. The SMILES string of the molecule is COC1CCCC(CC(=O)NCc2nnc(C(C)C)s2)C1. The van der Waals surface area contributed by atoms with Crippen LogP contribution in [0.5, 0.6) is 0 Å². The highest BCUT2D eigenvalue weighted by molar-refractivity contribution is 7.11. The first-order valence-corrected chi connectivity index (χ1v) is 8.52. The lowest BCUT2D eigenvalue weighted by molar-refractivity contribution is -0.122. The molecule has 0 radical (unpaired) electrons. The van der Waals surface area contributed by atoms with E-state index in [2.05, 4.69) is 29.4 Å². The standard InChI is InChI=1S/C15H25N3O2S/c1-10(2)15-18-17-14(21-15)9-16-13(19)8-11-5-4-6-12(7-11)20-3/h10-12H,4-9H2,1-3H3,(H,16,19). The Bertz CT molecular complexity index is 462. The average Bonchev–Trinajstić information content (AvgIpc) is 2.94. The van der Waals surface area contributed by atoms with Crippen molar-refractivity contribution in [1.82, 2.24) is 15.5 Å². The third kappa shape index (κ3) is 5.04. The molecule has 0 saturated heterocycles. The summed E-state index contributed by atoms with van der Waals surface area (Å²) in [7, 11) is 1.76. The summed E-state index contributed by atoms with van der Waals surface area (Å²) in [5.74, 6) is 0.947. The van der Waals surface area contributed by atoms with Crippen molar-refractivity contribution >= 4 is 17.2 Å². The smallest absolute Gasteiger partial charge is 0.220 e. The molecule has 0 aliphatic heterocycles. The summed E-state index contributed by atoms with van der Waals surface area (Å²) in [6.45, 7) is 4.68. The Hall–Kier alpha value is -1.01. The van der Waals surface area contributed by atoms with Gasteiger partial charge in [-0.05, 0) is 25.2 Å². The van der Waals surface area contributed by atoms with E-state index in [4.69, 9.17) is 4.74 Å². The van der Waals surface area contributed by atoms with Gasteiger partial charge >= 0.3 is 0 Å². The maximum Gasteiger partial charge on any atom is 0.220 e. The highest BCUT2D eigenvalue weighted by Gasteiger charge is 2.23. The summed E-state index contributed by atoms with van der Waals surface area (Å²) >= 11 is 1.58. The van der Waals surface area contributed by atoms with Crippen LogP contribution in [-0.2, 0) is 16.1 Å². The molecular weight excluding hydrogens is 286 g/mol. The summed E-state index contributed by atoms with van der Waals surface area (Å²) < 4.78 is 5.41. The van der Waals surface area contributed by atoms with Crippen LogP contribution < -0.4 is 5.32 Å². The lowest BCUT2D eigenvalue weighted by Crippen LogP contribution is -2.29. The van der Waals surface area contributed by atoms with E-state index in [9.17, 15) is 4.79 Å². The number of methoxy groups -OCH3 is 1. The van der Waals surface area contributed by atoms with Crippen molar-refractivity contribution in [3.63, 3.8) is 0 Å². The molecule has 1 aliphatic carbocycles. The van der Waals surface area contributed by atoms with Crippen LogP contribution in [0.2, 0.25) is 0 Å². The Balaban J connectivity index is 1.74. The van der Waals surface area contributed by atoms with Gasteiger partial charge in [-0.3, -0.25) is 4.79 Å². The molecule has 1 aliphatic rings. The molecule has 2 atom stereocenters. The van der Waals surface area contributed by atoms with E-state index >= 15 is 0 Å². The molecule has 1 aromatic rings. The molecule has 21 heavy (non-hydrogen) atoms. The van der Waals surface area contributed by atoms with Crippen LogP contribution in [-0.4, -0.2) is 29.3 Å². The fourth-order valence-electron chi connectivity index (χ4n) is 2.72. The van der Waals surface area contributed by atoms with Crippen molar-refractivity contribution in [3.8, 4) is 0 Å². The topological polar surface area (TPSA) is 64.1 Å². The van der Waals surface area contributed by atoms with Crippen LogP contribution in [0, 0.1) is 5.92 Å². The number of hydrogen-bond donors (Lipinski definition) is 1. The van der Waals surface area contributed by atoms with E-state index in [0.29, 0.717) is 30.9 Å². The molecule has 2 rings (SSSR count). The molecule has 118 valence electrons. The zero-order chi connectivity index (χ0) is 15.2. The number of aromatic nitrogens is 2. The predicted molar refractivity (Wildman–Crippen MR) is 83.2 cm³/mol. The van der Waals surface area contributed by atoms with E-state index < -0.39 is 0 Å². The third-order valence-corrected chi connectivity index (χ3v) is 5.18. The molecule has 1 aromatic heterocycles. The van der Waals surface area contributed by atoms with E-state index in [-0.39, 0.29) is 5.91 Å². The molecule has 0 bridgehead atoms. The first-order chi connectivity index (χ1) is 10.1. The highest BCUT2D eigenvalue weighted by Crippen LogP contribution is 2.28. The first-order valence-electron chi connectivity index (χ1n) is 7.70. The minimum absolute atomic E-state index is 0.109. The van der Waals surface area contributed by atoms with E-state index in [1.165, 1.54) is 0 Å². The molecule has 0 aromatic carbocycles. The second-order valence-electron chi connectivity index (χ2n) is 6.06. The molecule has 1 heterocycles. The summed E-state index contributed by atoms with van der Waals surface area (Å²) in [4.78, 5) is 12.0. The van der Waals surface area contributed by atoms with Crippen LogP contribution in [0.15, 0.2) is 0 Å². The summed E-state index contributed by atoms with van der Waals surface area (Å²) in [5, 5.41) is 13.1. The van der Waals surface area contributed by atoms with Gasteiger partial charge in [0.25, 0.3) is 0 Å². The number of ether oxygens (including phenoxy) is 1. The Morgan fingerprint density at radius 2 is 2.24 bits per heavy atom. The lowest BCUT2D eigenvalue weighted by Gasteiger charge is -2.27. The van der Waals surface area contributed by atoms with Gasteiger partial charge in [0.1, 0.15) is 10.0 Å². The third-order valence-electron chi connectivity index (χ3n) is 3.96. The quantitative estimate of drug-likeness (QED) is 0.877. The van der Waals surface area contributed by atoms with Crippen molar-refractivity contribution in [2.24, 2.45) is 5.92 Å². The van der Waals surface area contributed by atoms with Crippen LogP contribution >= 0.6 is 11.3 Å².